The second-order valence-corrected chi connectivity index (χ2v) is 13.3. The summed E-state index contributed by atoms with van der Waals surface area (Å²) in [7, 11) is 0. The van der Waals surface area contributed by atoms with Crippen LogP contribution in [0, 0.1) is 5.41 Å². The van der Waals surface area contributed by atoms with Gasteiger partial charge in [0.15, 0.2) is 0 Å². The second-order valence-electron chi connectivity index (χ2n) is 12.2. The fraction of sp³-hybridized carbons (Fsp3) is 0.517. The summed E-state index contributed by atoms with van der Waals surface area (Å²) in [6.07, 6.45) is 3.02. The van der Waals surface area contributed by atoms with E-state index in [1.54, 1.807) is 0 Å². The Bertz CT molecular complexity index is 1150. The van der Waals surface area contributed by atoms with Gasteiger partial charge in [-0.2, -0.15) is 0 Å². The number of nitrogens with one attached hydrogen (secondary N) is 1. The van der Waals surface area contributed by atoms with Gasteiger partial charge in [-0.25, -0.2) is 0 Å². The van der Waals surface area contributed by atoms with Crippen molar-refractivity contribution in [2.24, 2.45) is 5.41 Å². The maximum atomic E-state index is 11.8. The number of hydrogen-bond donors (Lipinski definition) is 2. The van der Waals surface area contributed by atoms with Crippen molar-refractivity contribution in [2.45, 2.75) is 83.5 Å². The molecule has 2 unspecified atom stereocenters. The van der Waals surface area contributed by atoms with Gasteiger partial charge in [0.25, 0.3) is 5.24 Å². The minimum absolute atomic E-state index is 0.129. The topological polar surface area (TPSA) is 84.9 Å². The Morgan fingerprint density at radius 3 is 2.44 bits per heavy atom. The van der Waals surface area contributed by atoms with E-state index in [4.69, 9.17) is 9.47 Å². The molecular formula is C29H37NO5S. The van der Waals surface area contributed by atoms with Gasteiger partial charge in [-0.05, 0) is 78.8 Å². The Hall–Kier alpha value is -2.67. The molecule has 36 heavy (non-hydrogen) atoms. The summed E-state index contributed by atoms with van der Waals surface area (Å²) in [5.74, 6) is 1.65. The number of aromatic hydroxyl groups is 1. The van der Waals surface area contributed by atoms with E-state index in [-0.39, 0.29) is 27.2 Å². The number of aryl methyl sites for hydroxylation is 1. The number of hydrogen-bond acceptors (Lipinski definition) is 6. The molecule has 2 N–H and O–H groups in total. The fourth-order valence-corrected chi connectivity index (χ4v) is 6.24. The number of amides is 2. The molecule has 2 aliphatic heterocycles. The molecule has 0 saturated carbocycles. The Morgan fingerprint density at radius 1 is 1.14 bits per heavy atom. The molecule has 2 atom stereocenters. The predicted molar refractivity (Wildman–Crippen MR) is 143 cm³/mol. The zero-order chi connectivity index (χ0) is 26.3. The third kappa shape index (κ3) is 6.17. The summed E-state index contributed by atoms with van der Waals surface area (Å²) >= 11 is 1.04. The molecule has 4 rings (SSSR count). The van der Waals surface area contributed by atoms with Gasteiger partial charge in [-0.3, -0.25) is 14.9 Å². The Balaban J connectivity index is 1.41. The summed E-state index contributed by atoms with van der Waals surface area (Å²) in [6.45, 7) is 13.4. The lowest BCUT2D eigenvalue weighted by Gasteiger charge is -2.38. The number of fused-ring (bicyclic) bond motifs is 1. The van der Waals surface area contributed by atoms with Crippen molar-refractivity contribution >= 4 is 22.9 Å². The van der Waals surface area contributed by atoms with Crippen molar-refractivity contribution < 1.29 is 24.2 Å². The highest BCUT2D eigenvalue weighted by Gasteiger charge is 2.36. The molecule has 0 spiro atoms. The number of benzene rings is 2. The molecule has 2 aromatic rings. The third-order valence-electron chi connectivity index (χ3n) is 6.82. The maximum Gasteiger partial charge on any atom is 0.286 e. The summed E-state index contributed by atoms with van der Waals surface area (Å²) < 4.78 is 12.6. The smallest absolute Gasteiger partial charge is 0.286 e. The molecular weight excluding hydrogens is 474 g/mol. The monoisotopic (exact) mass is 511 g/mol. The fourth-order valence-electron chi connectivity index (χ4n) is 5.38. The minimum atomic E-state index is -0.493. The van der Waals surface area contributed by atoms with Crippen LogP contribution in [0.1, 0.15) is 71.1 Å². The lowest BCUT2D eigenvalue weighted by atomic mass is 9.71. The predicted octanol–water partition coefficient (Wildman–Crippen LogP) is 6.16. The summed E-state index contributed by atoms with van der Waals surface area (Å²) in [6, 6.07) is 11.5. The minimum Gasteiger partial charge on any atom is -0.508 e. The van der Waals surface area contributed by atoms with Crippen LogP contribution in [0.2, 0.25) is 0 Å². The van der Waals surface area contributed by atoms with Crippen LogP contribution < -0.4 is 14.8 Å². The SMILES string of the molecule is CC(C)(C)CC(C)(C)c1cc2c(cc1O)CCC(C)(COc1ccc(CC3SC(=O)NC3=O)cc1)O2. The van der Waals surface area contributed by atoms with Gasteiger partial charge in [0.05, 0.1) is 5.25 Å². The van der Waals surface area contributed by atoms with E-state index in [9.17, 15) is 14.7 Å². The summed E-state index contributed by atoms with van der Waals surface area (Å²) in [5, 5.41) is 12.5. The second kappa shape index (κ2) is 9.66. The molecule has 1 saturated heterocycles. The average molecular weight is 512 g/mol. The van der Waals surface area contributed by atoms with Gasteiger partial charge < -0.3 is 14.6 Å². The Kier molecular flexibility index (Phi) is 7.08. The van der Waals surface area contributed by atoms with Crippen LogP contribution in [0.5, 0.6) is 17.2 Å². The number of rotatable bonds is 7. The first-order valence-electron chi connectivity index (χ1n) is 12.5. The van der Waals surface area contributed by atoms with E-state index in [1.807, 2.05) is 36.4 Å². The quantitative estimate of drug-likeness (QED) is 0.463. The largest absolute Gasteiger partial charge is 0.508 e. The van der Waals surface area contributed by atoms with Crippen LogP contribution in [0.25, 0.3) is 0 Å². The molecule has 0 radical (unpaired) electrons. The van der Waals surface area contributed by atoms with Crippen LogP contribution in [0.3, 0.4) is 0 Å². The Morgan fingerprint density at radius 2 is 1.83 bits per heavy atom. The number of carbonyl (C=O) groups is 2. The molecule has 2 aromatic carbocycles. The molecule has 1 fully saturated rings. The van der Waals surface area contributed by atoms with Gasteiger partial charge in [-0.15, -0.1) is 0 Å². The third-order valence-corrected chi connectivity index (χ3v) is 7.80. The lowest BCUT2D eigenvalue weighted by molar-refractivity contribution is -0.118. The van der Waals surface area contributed by atoms with Crippen LogP contribution >= 0.6 is 11.8 Å². The molecule has 0 aliphatic carbocycles. The number of imide groups is 1. The van der Waals surface area contributed by atoms with E-state index in [0.717, 1.165) is 59.2 Å². The zero-order valence-electron chi connectivity index (χ0n) is 22.1. The molecule has 0 bridgehead atoms. The van der Waals surface area contributed by atoms with Crippen molar-refractivity contribution in [1.82, 2.24) is 5.32 Å². The van der Waals surface area contributed by atoms with Gasteiger partial charge in [-0.1, -0.05) is 58.5 Å². The molecule has 6 nitrogen and oxygen atoms in total. The van der Waals surface area contributed by atoms with E-state index in [2.05, 4.69) is 46.9 Å². The highest BCUT2D eigenvalue weighted by Crippen LogP contribution is 2.45. The lowest BCUT2D eigenvalue weighted by Crippen LogP contribution is -2.42. The normalized spacial score (nSPS) is 22.1. The summed E-state index contributed by atoms with van der Waals surface area (Å²) in [4.78, 5) is 23.2. The number of carbonyl (C=O) groups excluding carboxylic acids is 2. The molecule has 2 amide bonds. The number of thioether (sulfide) groups is 1. The average Bonchev–Trinajstić information content (AvgIpc) is 3.08. The van der Waals surface area contributed by atoms with Crippen LogP contribution in [0.15, 0.2) is 36.4 Å². The van der Waals surface area contributed by atoms with Crippen LogP contribution in [0.4, 0.5) is 4.79 Å². The van der Waals surface area contributed by atoms with Crippen molar-refractivity contribution in [3.8, 4) is 17.2 Å². The van der Waals surface area contributed by atoms with Gasteiger partial charge >= 0.3 is 0 Å². The van der Waals surface area contributed by atoms with Gasteiger partial charge in [0, 0.05) is 5.56 Å². The van der Waals surface area contributed by atoms with Crippen molar-refractivity contribution in [3.05, 3.63) is 53.1 Å². The van der Waals surface area contributed by atoms with Crippen LogP contribution in [-0.4, -0.2) is 33.7 Å². The molecule has 0 aromatic heterocycles. The van der Waals surface area contributed by atoms with E-state index in [1.165, 1.54) is 0 Å². The molecule has 194 valence electrons. The number of ether oxygens (including phenoxy) is 2. The molecule has 2 aliphatic rings. The van der Waals surface area contributed by atoms with Gasteiger partial charge in [0.1, 0.15) is 29.5 Å². The summed E-state index contributed by atoms with van der Waals surface area (Å²) in [5.41, 5.74) is 2.35. The Labute approximate surface area is 218 Å². The molecule has 2 heterocycles. The highest BCUT2D eigenvalue weighted by molar-refractivity contribution is 8.15. The number of phenolic OH excluding ortho intramolecular Hbond substituents is 1. The van der Waals surface area contributed by atoms with E-state index in [0.29, 0.717) is 18.8 Å². The van der Waals surface area contributed by atoms with Crippen molar-refractivity contribution in [3.63, 3.8) is 0 Å². The van der Waals surface area contributed by atoms with Crippen molar-refractivity contribution in [1.29, 1.82) is 0 Å². The van der Waals surface area contributed by atoms with E-state index < -0.39 is 5.60 Å². The van der Waals surface area contributed by atoms with Crippen LogP contribution in [-0.2, 0) is 23.1 Å². The standard InChI is InChI=1S/C29H37NO5S/c1-27(2,3)16-28(4,5)21-15-23-19(14-22(21)31)11-12-29(6,35-23)17-34-20-9-7-18(8-10-20)13-24-25(32)30-26(33)36-24/h7-10,14-15,24,31H,11-13,16-17H2,1-6H3,(H,30,32,33). The van der Waals surface area contributed by atoms with Crippen molar-refractivity contribution in [2.75, 3.05) is 6.61 Å². The highest BCUT2D eigenvalue weighted by atomic mass is 32.2. The first-order chi connectivity index (χ1) is 16.7. The molecule has 7 heteroatoms. The zero-order valence-corrected chi connectivity index (χ0v) is 22.9. The van der Waals surface area contributed by atoms with Gasteiger partial charge in [0.2, 0.25) is 5.91 Å². The first-order valence-corrected chi connectivity index (χ1v) is 13.4. The van der Waals surface area contributed by atoms with E-state index >= 15 is 0 Å². The first kappa shape index (κ1) is 26.4. The number of phenols is 1. The maximum absolute atomic E-state index is 11.8.